The minimum atomic E-state index is -0.220. The van der Waals surface area contributed by atoms with E-state index in [0.717, 1.165) is 45.1 Å². The van der Waals surface area contributed by atoms with Crippen LogP contribution in [0.1, 0.15) is 112 Å². The average Bonchev–Trinajstić information content (AvgIpc) is 3.48. The number of nitrogens with one attached hydrogen (secondary N) is 1. The number of amides is 1. The van der Waals surface area contributed by atoms with E-state index in [0.29, 0.717) is 48.5 Å². The van der Waals surface area contributed by atoms with Gasteiger partial charge in [-0.15, -0.1) is 0 Å². The van der Waals surface area contributed by atoms with Gasteiger partial charge in [0, 0.05) is 19.5 Å². The van der Waals surface area contributed by atoms with Crippen LogP contribution < -0.4 is 5.32 Å². The number of hydroxylamine groups is 2. The van der Waals surface area contributed by atoms with Gasteiger partial charge in [0.25, 0.3) is 0 Å². The van der Waals surface area contributed by atoms with Crippen LogP contribution >= 0.6 is 0 Å². The zero-order chi connectivity index (χ0) is 27.2. The van der Waals surface area contributed by atoms with Crippen molar-refractivity contribution in [2.45, 2.75) is 130 Å². The smallest absolute Gasteiger partial charge is 0.219 e. The molecule has 0 radical (unpaired) electrons. The lowest BCUT2D eigenvalue weighted by Crippen LogP contribution is -2.59. The van der Waals surface area contributed by atoms with Gasteiger partial charge in [0.1, 0.15) is 5.78 Å². The third-order valence-electron chi connectivity index (χ3n) is 12.6. The monoisotopic (exact) mass is 530 g/mol. The fourth-order valence-corrected chi connectivity index (χ4v) is 10.6. The maximum absolute atomic E-state index is 12.1. The summed E-state index contributed by atoms with van der Waals surface area (Å²) in [5.74, 6) is 3.70. The molecule has 5 fully saturated rings. The zero-order valence-electron chi connectivity index (χ0n) is 24.7. The molecular formula is C32H54N2O4. The van der Waals surface area contributed by atoms with Gasteiger partial charge in [-0.05, 0) is 131 Å². The van der Waals surface area contributed by atoms with Crippen molar-refractivity contribution in [3.63, 3.8) is 0 Å². The Kier molecular flexibility index (Phi) is 8.36. The third-order valence-corrected chi connectivity index (χ3v) is 12.6. The lowest BCUT2D eigenvalue weighted by atomic mass is 9.43. The van der Waals surface area contributed by atoms with E-state index in [9.17, 15) is 14.7 Å². The molecule has 0 aromatic carbocycles. The van der Waals surface area contributed by atoms with E-state index in [1.54, 1.807) is 6.92 Å². The number of Topliss-reactive ketones (excluding diaryl/α,β-unsaturated/α-hetero) is 1. The highest BCUT2D eigenvalue weighted by Gasteiger charge is 2.63. The highest BCUT2D eigenvalue weighted by atomic mass is 16.7. The van der Waals surface area contributed by atoms with Crippen LogP contribution in [0.5, 0.6) is 0 Å². The molecule has 1 amide bonds. The van der Waals surface area contributed by atoms with Crippen LogP contribution in [0.15, 0.2) is 0 Å². The first kappa shape index (κ1) is 28.5. The minimum Gasteiger partial charge on any atom is -0.393 e. The number of carbonyl (C=O) groups excluding carboxylic acids is 2. The molecule has 11 atom stereocenters. The normalized spacial score (nSPS) is 45.6. The molecule has 4 saturated carbocycles. The molecule has 2 N–H and O–H groups in total. The number of ketones is 1. The SMILES string of the molecule is CCNC(=O)CC[C@H](C)C1CCC2C3C(O)C[C@@H]4C[C@H](ON5CCC[C@H]5C(C)=O)CC[C@]4(C)C3CC[C@@]21C. The van der Waals surface area contributed by atoms with Crippen LogP contribution in [0.3, 0.4) is 0 Å². The summed E-state index contributed by atoms with van der Waals surface area (Å²) in [5.41, 5.74) is 0.557. The van der Waals surface area contributed by atoms with Gasteiger partial charge in [-0.2, -0.15) is 5.06 Å². The second-order valence-electron chi connectivity index (χ2n) is 14.4. The van der Waals surface area contributed by atoms with Crippen LogP contribution in [0.25, 0.3) is 0 Å². The summed E-state index contributed by atoms with van der Waals surface area (Å²) in [7, 11) is 0. The second-order valence-corrected chi connectivity index (χ2v) is 14.4. The summed E-state index contributed by atoms with van der Waals surface area (Å²) in [5, 5.41) is 16.7. The predicted octanol–water partition coefficient (Wildman–Crippen LogP) is 5.52. The predicted molar refractivity (Wildman–Crippen MR) is 149 cm³/mol. The van der Waals surface area contributed by atoms with E-state index in [4.69, 9.17) is 4.84 Å². The van der Waals surface area contributed by atoms with Crippen LogP contribution in [0, 0.1) is 46.3 Å². The Morgan fingerprint density at radius 2 is 1.79 bits per heavy atom. The van der Waals surface area contributed by atoms with Crippen molar-refractivity contribution < 1.29 is 19.5 Å². The zero-order valence-corrected chi connectivity index (χ0v) is 24.7. The molecule has 4 aliphatic carbocycles. The Morgan fingerprint density at radius 3 is 2.53 bits per heavy atom. The van der Waals surface area contributed by atoms with E-state index in [2.05, 4.69) is 26.1 Å². The van der Waals surface area contributed by atoms with Gasteiger partial charge in [-0.3, -0.25) is 14.4 Å². The number of rotatable bonds is 8. The number of hydrogen-bond donors (Lipinski definition) is 2. The maximum Gasteiger partial charge on any atom is 0.219 e. The molecule has 1 saturated heterocycles. The van der Waals surface area contributed by atoms with Gasteiger partial charge in [0.15, 0.2) is 0 Å². The summed E-state index contributed by atoms with van der Waals surface area (Å²) < 4.78 is 0. The number of aliphatic hydroxyl groups excluding tert-OH is 1. The van der Waals surface area contributed by atoms with Crippen LogP contribution in [-0.2, 0) is 14.4 Å². The van der Waals surface area contributed by atoms with Gasteiger partial charge in [0.2, 0.25) is 5.91 Å². The molecule has 6 heteroatoms. The van der Waals surface area contributed by atoms with Crippen molar-refractivity contribution in [1.29, 1.82) is 0 Å². The quantitative estimate of drug-likeness (QED) is 0.432. The number of carbonyl (C=O) groups is 2. The number of fused-ring (bicyclic) bond motifs is 5. The lowest BCUT2D eigenvalue weighted by molar-refractivity contribution is -0.238. The van der Waals surface area contributed by atoms with E-state index >= 15 is 0 Å². The third kappa shape index (κ3) is 5.00. The highest BCUT2D eigenvalue weighted by molar-refractivity contribution is 5.81. The number of nitrogens with zero attached hydrogens (tertiary/aromatic N) is 1. The topological polar surface area (TPSA) is 78.9 Å². The average molecular weight is 531 g/mol. The van der Waals surface area contributed by atoms with Crippen molar-refractivity contribution in [3.8, 4) is 0 Å². The standard InChI is InChI=1S/C32H54N2O4/c1-6-33-29(37)12-9-20(2)24-10-11-25-30-26(14-16-32(24,25)5)31(4)15-13-23(18-22(31)19-28(30)36)38-34-17-7-8-27(34)21(3)35/h20,22-28,30,36H,6-19H2,1-5H3,(H,33,37)/t20-,22-,23+,24?,25?,26?,27-,28?,30?,31-,32+/m0/s1. The molecule has 6 nitrogen and oxygen atoms in total. The molecule has 5 rings (SSSR count). The lowest BCUT2D eigenvalue weighted by Gasteiger charge is -2.62. The summed E-state index contributed by atoms with van der Waals surface area (Å²) >= 11 is 0. The first-order valence-electron chi connectivity index (χ1n) is 16.0. The molecule has 5 aliphatic rings. The van der Waals surface area contributed by atoms with E-state index in [-0.39, 0.29) is 40.8 Å². The van der Waals surface area contributed by atoms with Crippen molar-refractivity contribution >= 4 is 11.7 Å². The highest BCUT2D eigenvalue weighted by Crippen LogP contribution is 2.68. The summed E-state index contributed by atoms with van der Waals surface area (Å²) in [4.78, 5) is 30.7. The van der Waals surface area contributed by atoms with E-state index in [1.165, 1.54) is 32.1 Å². The van der Waals surface area contributed by atoms with Crippen molar-refractivity contribution in [2.75, 3.05) is 13.1 Å². The first-order chi connectivity index (χ1) is 18.1. The maximum atomic E-state index is 12.1. The number of aliphatic hydroxyl groups is 1. The van der Waals surface area contributed by atoms with Gasteiger partial charge < -0.3 is 10.4 Å². The summed E-state index contributed by atoms with van der Waals surface area (Å²) in [6.45, 7) is 12.7. The van der Waals surface area contributed by atoms with Gasteiger partial charge in [-0.1, -0.05) is 20.8 Å². The van der Waals surface area contributed by atoms with Crippen LogP contribution in [0.4, 0.5) is 0 Å². The molecule has 0 aromatic rings. The molecule has 5 unspecified atom stereocenters. The minimum absolute atomic E-state index is 0.0700. The Hall–Kier alpha value is -0.980. The fraction of sp³-hybridized carbons (Fsp3) is 0.938. The molecule has 38 heavy (non-hydrogen) atoms. The molecular weight excluding hydrogens is 476 g/mol. The molecule has 1 heterocycles. The van der Waals surface area contributed by atoms with Crippen LogP contribution in [0.2, 0.25) is 0 Å². The van der Waals surface area contributed by atoms with Gasteiger partial charge in [-0.25, -0.2) is 0 Å². The van der Waals surface area contributed by atoms with Crippen molar-refractivity contribution in [3.05, 3.63) is 0 Å². The van der Waals surface area contributed by atoms with E-state index < -0.39 is 0 Å². The summed E-state index contributed by atoms with van der Waals surface area (Å²) in [6.07, 6.45) is 12.6. The molecule has 216 valence electrons. The molecule has 0 aromatic heterocycles. The molecule has 1 aliphatic heterocycles. The summed E-state index contributed by atoms with van der Waals surface area (Å²) in [6, 6.07) is -0.0700. The largest absolute Gasteiger partial charge is 0.393 e. The van der Waals surface area contributed by atoms with Gasteiger partial charge in [0.05, 0.1) is 18.2 Å². The molecule has 0 spiro atoms. The Bertz CT molecular complexity index is 880. The fourth-order valence-electron chi connectivity index (χ4n) is 10.6. The number of hydrogen-bond acceptors (Lipinski definition) is 5. The van der Waals surface area contributed by atoms with Gasteiger partial charge >= 0.3 is 0 Å². The van der Waals surface area contributed by atoms with Crippen LogP contribution in [-0.4, -0.2) is 53.2 Å². The Balaban J connectivity index is 1.25. The Labute approximate surface area is 231 Å². The van der Waals surface area contributed by atoms with Crippen molar-refractivity contribution in [1.82, 2.24) is 10.4 Å². The second kappa shape index (κ2) is 11.1. The molecule has 0 bridgehead atoms. The van der Waals surface area contributed by atoms with Crippen molar-refractivity contribution in [2.24, 2.45) is 46.3 Å². The van der Waals surface area contributed by atoms with E-state index in [1.807, 2.05) is 12.0 Å². The first-order valence-corrected chi connectivity index (χ1v) is 16.0. The Morgan fingerprint density at radius 1 is 1.05 bits per heavy atom.